The molecule has 0 spiro atoms. The minimum Gasteiger partial charge on any atom is -0.282 e. The van der Waals surface area contributed by atoms with Gasteiger partial charge in [-0.1, -0.05) is 50.2 Å². The topological polar surface area (TPSA) is 17.1 Å². The molecular formula is C13H14OP. The van der Waals surface area contributed by atoms with E-state index >= 15 is 0 Å². The molecular weight excluding hydrogens is 203 g/mol. The molecule has 0 aliphatic heterocycles. The molecule has 0 aliphatic rings. The summed E-state index contributed by atoms with van der Waals surface area (Å²) in [5.41, 5.74) is 0.200. The number of benzene rings is 2. The van der Waals surface area contributed by atoms with Crippen molar-refractivity contribution in [3.8, 4) is 0 Å². The van der Waals surface area contributed by atoms with Crippen LogP contribution in [0, 0.1) is 0 Å². The normalized spacial score (nSPS) is 12.1. The van der Waals surface area contributed by atoms with Gasteiger partial charge in [-0.3, -0.25) is 4.57 Å². The zero-order valence-electron chi connectivity index (χ0n) is 8.97. The summed E-state index contributed by atoms with van der Waals surface area (Å²) < 4.78 is 12.1. The van der Waals surface area contributed by atoms with Gasteiger partial charge in [-0.2, -0.15) is 0 Å². The molecule has 2 aromatic carbocycles. The first-order valence-corrected chi connectivity index (χ1v) is 6.47. The first-order valence-electron chi connectivity index (χ1n) is 5.14. The Kier molecular flexibility index (Phi) is 2.83. The van der Waals surface area contributed by atoms with Crippen molar-refractivity contribution in [1.29, 1.82) is 0 Å². The van der Waals surface area contributed by atoms with Crippen LogP contribution in [0.1, 0.15) is 13.8 Å². The summed E-state index contributed by atoms with van der Waals surface area (Å²) in [6.07, 6.45) is 0. The first-order chi connectivity index (χ1) is 7.20. The van der Waals surface area contributed by atoms with E-state index in [0.29, 0.717) is 0 Å². The largest absolute Gasteiger partial charge is 0.282 e. The lowest BCUT2D eigenvalue weighted by atomic mass is 10.1. The third-order valence-electron chi connectivity index (χ3n) is 2.47. The maximum absolute atomic E-state index is 12.1. The zero-order chi connectivity index (χ0) is 10.8. The molecule has 2 aromatic rings. The second kappa shape index (κ2) is 4.12. The van der Waals surface area contributed by atoms with Crippen LogP contribution in [0.15, 0.2) is 42.5 Å². The third kappa shape index (κ3) is 1.93. The van der Waals surface area contributed by atoms with E-state index in [0.717, 1.165) is 10.7 Å². The van der Waals surface area contributed by atoms with Crippen molar-refractivity contribution >= 4 is 23.9 Å². The maximum Gasteiger partial charge on any atom is 0.107 e. The number of fused-ring (bicyclic) bond motifs is 1. The van der Waals surface area contributed by atoms with Gasteiger partial charge in [0.05, 0.1) is 0 Å². The Morgan fingerprint density at radius 1 is 1.00 bits per heavy atom. The maximum atomic E-state index is 12.1. The first kappa shape index (κ1) is 10.3. The Morgan fingerprint density at radius 2 is 1.67 bits per heavy atom. The van der Waals surface area contributed by atoms with Gasteiger partial charge < -0.3 is 0 Å². The Morgan fingerprint density at radius 3 is 2.40 bits per heavy atom. The molecule has 77 valence electrons. The molecule has 0 heterocycles. The van der Waals surface area contributed by atoms with Gasteiger partial charge in [-0.05, 0) is 16.8 Å². The van der Waals surface area contributed by atoms with E-state index in [1.165, 1.54) is 5.39 Å². The van der Waals surface area contributed by atoms with Gasteiger partial charge in [-0.15, -0.1) is 0 Å². The van der Waals surface area contributed by atoms with Crippen LogP contribution in [0.2, 0.25) is 0 Å². The van der Waals surface area contributed by atoms with Crippen LogP contribution < -0.4 is 5.30 Å². The van der Waals surface area contributed by atoms with Crippen molar-refractivity contribution in [2.24, 2.45) is 0 Å². The van der Waals surface area contributed by atoms with Crippen LogP contribution in [0.5, 0.6) is 0 Å². The minimum absolute atomic E-state index is 0.200. The van der Waals surface area contributed by atoms with Crippen molar-refractivity contribution in [3.63, 3.8) is 0 Å². The lowest BCUT2D eigenvalue weighted by Crippen LogP contribution is -2.03. The summed E-state index contributed by atoms with van der Waals surface area (Å²) in [6.45, 7) is 4.00. The fourth-order valence-electron chi connectivity index (χ4n) is 1.68. The molecule has 0 amide bonds. The molecule has 0 fully saturated rings. The van der Waals surface area contributed by atoms with Crippen LogP contribution in [0.3, 0.4) is 0 Å². The number of rotatable bonds is 2. The SMILES string of the molecule is CC(C)[P](=O)c1cccc2ccccc12. The fourth-order valence-corrected chi connectivity index (χ4v) is 2.91. The van der Waals surface area contributed by atoms with Crippen molar-refractivity contribution in [3.05, 3.63) is 42.5 Å². The summed E-state index contributed by atoms with van der Waals surface area (Å²) in [5, 5.41) is 3.27. The molecule has 0 saturated carbocycles. The molecule has 1 unspecified atom stereocenters. The van der Waals surface area contributed by atoms with E-state index in [9.17, 15) is 4.57 Å². The van der Waals surface area contributed by atoms with E-state index in [4.69, 9.17) is 0 Å². The molecule has 2 heteroatoms. The monoisotopic (exact) mass is 217 g/mol. The van der Waals surface area contributed by atoms with Gasteiger partial charge in [0.15, 0.2) is 0 Å². The lowest BCUT2D eigenvalue weighted by molar-refractivity contribution is 0.588. The smallest absolute Gasteiger partial charge is 0.107 e. The van der Waals surface area contributed by atoms with Crippen LogP contribution in [0.25, 0.3) is 10.8 Å². The Labute approximate surface area is 90.9 Å². The molecule has 1 radical (unpaired) electrons. The summed E-state index contributed by atoms with van der Waals surface area (Å²) in [4.78, 5) is 0. The zero-order valence-corrected chi connectivity index (χ0v) is 9.87. The van der Waals surface area contributed by atoms with Crippen molar-refractivity contribution < 1.29 is 4.57 Å². The molecule has 0 N–H and O–H groups in total. The lowest BCUT2D eigenvalue weighted by Gasteiger charge is -2.08. The van der Waals surface area contributed by atoms with E-state index in [1.807, 2.05) is 44.2 Å². The second-order valence-corrected chi connectivity index (χ2v) is 6.08. The van der Waals surface area contributed by atoms with Crippen LogP contribution in [-0.2, 0) is 4.57 Å². The number of hydrogen-bond acceptors (Lipinski definition) is 1. The molecule has 1 nitrogen and oxygen atoms in total. The van der Waals surface area contributed by atoms with Gasteiger partial charge in [0.1, 0.15) is 7.80 Å². The Balaban J connectivity index is 2.66. The summed E-state index contributed by atoms with van der Waals surface area (Å²) in [5.74, 6) is 0. The molecule has 15 heavy (non-hydrogen) atoms. The molecule has 2 rings (SSSR count). The predicted octanol–water partition coefficient (Wildman–Crippen LogP) is 3.70. The van der Waals surface area contributed by atoms with E-state index < -0.39 is 7.80 Å². The Hall–Kier alpha value is -1.20. The highest BCUT2D eigenvalue weighted by atomic mass is 31.1. The summed E-state index contributed by atoms with van der Waals surface area (Å²) >= 11 is 0. The van der Waals surface area contributed by atoms with Crippen molar-refractivity contribution in [2.75, 3.05) is 0 Å². The predicted molar refractivity (Wildman–Crippen MR) is 66.3 cm³/mol. The Bertz CT molecular complexity index is 497. The highest BCUT2D eigenvalue weighted by molar-refractivity contribution is 7.54. The van der Waals surface area contributed by atoms with E-state index in [1.54, 1.807) is 0 Å². The summed E-state index contributed by atoms with van der Waals surface area (Å²) in [6, 6.07) is 14.1. The molecule has 0 bridgehead atoms. The number of hydrogen-bond donors (Lipinski definition) is 0. The van der Waals surface area contributed by atoms with Gasteiger partial charge in [0.25, 0.3) is 0 Å². The van der Waals surface area contributed by atoms with Crippen molar-refractivity contribution in [2.45, 2.75) is 19.5 Å². The average Bonchev–Trinajstić information content (AvgIpc) is 2.27. The van der Waals surface area contributed by atoms with Crippen LogP contribution >= 0.6 is 7.80 Å². The molecule has 1 atom stereocenters. The molecule has 0 aromatic heterocycles. The standard InChI is InChI=1S/C13H14OP/c1-10(2)15(14)13-9-5-7-11-6-3-4-8-12(11)13/h3-10H,1-2H3. The molecule has 0 aliphatic carbocycles. The van der Waals surface area contributed by atoms with Crippen molar-refractivity contribution in [1.82, 2.24) is 0 Å². The summed E-state index contributed by atoms with van der Waals surface area (Å²) in [7, 11) is -1.28. The van der Waals surface area contributed by atoms with E-state index in [2.05, 4.69) is 12.1 Å². The highest BCUT2D eigenvalue weighted by Gasteiger charge is 2.11. The second-order valence-electron chi connectivity index (χ2n) is 3.92. The highest BCUT2D eigenvalue weighted by Crippen LogP contribution is 2.30. The molecule has 0 saturated heterocycles. The van der Waals surface area contributed by atoms with Gasteiger partial charge in [-0.25, -0.2) is 0 Å². The van der Waals surface area contributed by atoms with Crippen LogP contribution in [-0.4, -0.2) is 5.66 Å². The fraction of sp³-hybridized carbons (Fsp3) is 0.231. The third-order valence-corrected chi connectivity index (χ3v) is 4.28. The van der Waals surface area contributed by atoms with Gasteiger partial charge in [0, 0.05) is 11.0 Å². The van der Waals surface area contributed by atoms with Gasteiger partial charge >= 0.3 is 0 Å². The average molecular weight is 217 g/mol. The quantitative estimate of drug-likeness (QED) is 0.701. The van der Waals surface area contributed by atoms with E-state index in [-0.39, 0.29) is 5.66 Å². The minimum atomic E-state index is -1.28. The van der Waals surface area contributed by atoms with Crippen LogP contribution in [0.4, 0.5) is 0 Å². The van der Waals surface area contributed by atoms with Gasteiger partial charge in [0.2, 0.25) is 0 Å².